The van der Waals surface area contributed by atoms with E-state index in [1.807, 2.05) is 72.8 Å². The molecule has 98 heavy (non-hydrogen) atoms. The quantitative estimate of drug-likeness (QED) is 0.136. The van der Waals surface area contributed by atoms with E-state index in [0.717, 1.165) is 143 Å². The molecular formula is C90H58N8. The van der Waals surface area contributed by atoms with Crippen LogP contribution in [0.15, 0.2) is 352 Å². The Hall–Kier alpha value is -13.3. The van der Waals surface area contributed by atoms with Gasteiger partial charge in [-0.1, -0.05) is 303 Å². The van der Waals surface area contributed by atoms with Gasteiger partial charge in [0.15, 0.2) is 23.3 Å². The van der Waals surface area contributed by atoms with Crippen LogP contribution in [0, 0.1) is 0 Å². The first-order chi connectivity index (χ1) is 48.6. The van der Waals surface area contributed by atoms with Crippen LogP contribution < -0.4 is 0 Å². The molecule has 8 nitrogen and oxygen atoms in total. The summed E-state index contributed by atoms with van der Waals surface area (Å²) in [6, 6.07) is 125. The smallest absolute Gasteiger partial charge is 0.238 e. The first-order valence-corrected chi connectivity index (χ1v) is 33.0. The molecule has 0 spiro atoms. The molecule has 0 fully saturated rings. The molecule has 0 bridgehead atoms. The normalized spacial score (nSPS) is 11.5. The zero-order chi connectivity index (χ0) is 64.9. The summed E-state index contributed by atoms with van der Waals surface area (Å²) < 4.78 is 4.58. The number of hydrogen-bond donors (Lipinski definition) is 0. The summed E-state index contributed by atoms with van der Waals surface area (Å²) in [6.45, 7) is 0. The third-order valence-corrected chi connectivity index (χ3v) is 18.7. The van der Waals surface area contributed by atoms with Gasteiger partial charge in [0, 0.05) is 43.8 Å². The van der Waals surface area contributed by atoms with Crippen LogP contribution in [-0.2, 0) is 0 Å². The van der Waals surface area contributed by atoms with Crippen LogP contribution in [0.1, 0.15) is 0 Å². The van der Waals surface area contributed by atoms with Gasteiger partial charge in [-0.25, -0.2) is 9.97 Å². The molecule has 0 radical (unpaired) electrons. The van der Waals surface area contributed by atoms with Gasteiger partial charge in [-0.05, 0) is 125 Å². The van der Waals surface area contributed by atoms with Crippen molar-refractivity contribution < 1.29 is 0 Å². The van der Waals surface area contributed by atoms with E-state index < -0.39 is 0 Å². The van der Waals surface area contributed by atoms with Crippen molar-refractivity contribution in [1.29, 1.82) is 0 Å². The van der Waals surface area contributed by atoms with Gasteiger partial charge in [0.25, 0.3) is 0 Å². The molecule has 18 aromatic rings. The molecule has 0 amide bonds. The third kappa shape index (κ3) is 10.4. The van der Waals surface area contributed by atoms with E-state index in [1.165, 1.54) is 0 Å². The van der Waals surface area contributed by atoms with Gasteiger partial charge >= 0.3 is 0 Å². The largest absolute Gasteiger partial charge is 0.278 e. The highest BCUT2D eigenvalue weighted by Gasteiger charge is 2.23. The first kappa shape index (κ1) is 57.4. The Morgan fingerprint density at radius 3 is 0.571 bits per heavy atom. The van der Waals surface area contributed by atoms with Gasteiger partial charge in [-0.15, -0.1) is 0 Å². The van der Waals surface area contributed by atoms with E-state index in [2.05, 4.69) is 288 Å². The predicted molar refractivity (Wildman–Crippen MR) is 404 cm³/mol. The molecular weight excluding hydrogens is 1190 g/mol. The van der Waals surface area contributed by atoms with Crippen molar-refractivity contribution in [2.24, 2.45) is 0 Å². The maximum Gasteiger partial charge on any atom is 0.238 e. The highest BCUT2D eigenvalue weighted by molar-refractivity contribution is 6.34. The first-order valence-electron chi connectivity index (χ1n) is 33.0. The minimum atomic E-state index is 0.465. The van der Waals surface area contributed by atoms with Gasteiger partial charge in [-0.3, -0.25) is 9.13 Å². The molecule has 0 unspecified atom stereocenters. The van der Waals surface area contributed by atoms with Crippen LogP contribution in [-0.4, -0.2) is 39.0 Å². The summed E-state index contributed by atoms with van der Waals surface area (Å²) in [6.07, 6.45) is 0. The minimum Gasteiger partial charge on any atom is -0.278 e. The highest BCUT2D eigenvalue weighted by Crippen LogP contribution is 2.45. The Kier molecular flexibility index (Phi) is 14.4. The van der Waals surface area contributed by atoms with Crippen LogP contribution in [0.2, 0.25) is 0 Å². The number of hydrogen-bond acceptors (Lipinski definition) is 6. The van der Waals surface area contributed by atoms with Crippen molar-refractivity contribution in [2.75, 3.05) is 0 Å². The molecule has 18 rings (SSSR count). The average Bonchev–Trinajstić information content (AvgIpc) is 1.53. The SMILES string of the molecule is c1ccc(-c2ccc3c(c2)c2cccc4c5cc(-c6ccccc6)ccc5n(-c5nc(-c6ccccc6)nc(-c6ccccc6)n5)c5ccc(-c6ccccc6)cc5c5cccc(c6cc(-c7ccccc7)ccc6n3-c3nc(-c6ccccc6)nc(-c6ccccc6)n3)c5c24)cc1. The van der Waals surface area contributed by atoms with Gasteiger partial charge in [0.05, 0.1) is 22.1 Å². The Balaban J connectivity index is 1.14. The average molecular weight is 1250 g/mol. The Morgan fingerprint density at radius 2 is 0.357 bits per heavy atom. The Labute approximate surface area is 565 Å². The number of aromatic nitrogens is 8. The van der Waals surface area contributed by atoms with Crippen molar-refractivity contribution in [2.45, 2.75) is 0 Å². The molecule has 8 heteroatoms. The van der Waals surface area contributed by atoms with Crippen molar-refractivity contribution in [1.82, 2.24) is 39.0 Å². The lowest BCUT2D eigenvalue weighted by Crippen LogP contribution is -2.08. The zero-order valence-corrected chi connectivity index (χ0v) is 53.1. The minimum absolute atomic E-state index is 0.465. The second kappa shape index (κ2) is 24.6. The van der Waals surface area contributed by atoms with Crippen LogP contribution in [0.25, 0.3) is 178 Å². The number of fused-ring (bicyclic) bond motifs is 8. The van der Waals surface area contributed by atoms with Crippen molar-refractivity contribution >= 4 is 75.9 Å². The number of rotatable bonds is 10. The summed E-state index contributed by atoms with van der Waals surface area (Å²) in [5, 5.41) is 10.0. The van der Waals surface area contributed by atoms with E-state index in [9.17, 15) is 0 Å². The van der Waals surface area contributed by atoms with E-state index in [-0.39, 0.29) is 0 Å². The molecule has 4 heterocycles. The van der Waals surface area contributed by atoms with Gasteiger partial charge < -0.3 is 0 Å². The highest BCUT2D eigenvalue weighted by atomic mass is 15.2. The molecule has 14 aromatic carbocycles. The molecule has 4 aromatic heterocycles. The van der Waals surface area contributed by atoms with Crippen LogP contribution in [0.4, 0.5) is 0 Å². The molecule has 0 N–H and O–H groups in total. The molecule has 0 aliphatic carbocycles. The zero-order valence-electron chi connectivity index (χ0n) is 53.1. The lowest BCUT2D eigenvalue weighted by atomic mass is 9.92. The summed E-state index contributed by atoms with van der Waals surface area (Å²) in [5.41, 5.74) is 15.6. The molecule has 0 aliphatic rings. The fourth-order valence-corrected chi connectivity index (χ4v) is 14.1. The Morgan fingerprint density at radius 1 is 0.153 bits per heavy atom. The maximum absolute atomic E-state index is 5.62. The van der Waals surface area contributed by atoms with Crippen LogP contribution in [0.3, 0.4) is 0 Å². The van der Waals surface area contributed by atoms with E-state index in [0.29, 0.717) is 35.2 Å². The predicted octanol–water partition coefficient (Wildman–Crippen LogP) is 22.7. The summed E-state index contributed by atoms with van der Waals surface area (Å²) >= 11 is 0. The lowest BCUT2D eigenvalue weighted by molar-refractivity contribution is 0.950. The fourth-order valence-electron chi connectivity index (χ4n) is 14.1. The van der Waals surface area contributed by atoms with E-state index in [4.69, 9.17) is 29.9 Å². The monoisotopic (exact) mass is 1250 g/mol. The topological polar surface area (TPSA) is 87.2 Å². The standard InChI is InChI=1S/C90H58N8/c1-9-27-59(28-10-1)67-47-51-79-75(55-67)71-43-25-44-72-76-56-69(61-31-13-3-14-32-61)49-53-81(76)98(90-95-87(65-39-21-7-22-40-65)92-88(96-90)66-41-23-8-24-42-66)82-54-50-70(62-33-15-4-16-34-62)58-78(82)74-46-26-45-73(84(74)83(71)72)77-57-68(60-29-11-2-12-30-60)48-52-80(77)97(79)89-93-85(63-35-17-5-18-36-63)91-86(94-89)64-37-19-6-20-38-64/h1-58H. The molecule has 0 saturated heterocycles. The number of nitrogens with zero attached hydrogens (tertiary/aromatic N) is 8. The van der Waals surface area contributed by atoms with Crippen LogP contribution >= 0.6 is 0 Å². The Bertz CT molecular complexity index is 5440. The second-order valence-electron chi connectivity index (χ2n) is 24.5. The fraction of sp³-hybridized carbons (Fsp3) is 0. The van der Waals surface area contributed by atoms with Crippen molar-refractivity contribution in [3.05, 3.63) is 352 Å². The lowest BCUT2D eigenvalue weighted by Gasteiger charge is -2.16. The summed E-state index contributed by atoms with van der Waals surface area (Å²) in [5.74, 6) is 3.14. The van der Waals surface area contributed by atoms with Crippen LogP contribution in [0.5, 0.6) is 0 Å². The van der Waals surface area contributed by atoms with Gasteiger partial charge in [0.2, 0.25) is 11.9 Å². The summed E-state index contributed by atoms with van der Waals surface area (Å²) in [4.78, 5) is 33.1. The molecule has 0 aliphatic heterocycles. The van der Waals surface area contributed by atoms with Gasteiger partial charge in [0.1, 0.15) is 0 Å². The maximum atomic E-state index is 5.62. The van der Waals surface area contributed by atoms with Crippen molar-refractivity contribution in [3.8, 4) is 102 Å². The van der Waals surface area contributed by atoms with Gasteiger partial charge in [-0.2, -0.15) is 19.9 Å². The molecule has 458 valence electrons. The third-order valence-electron chi connectivity index (χ3n) is 18.7. The van der Waals surface area contributed by atoms with E-state index >= 15 is 0 Å². The number of benzene rings is 14. The summed E-state index contributed by atoms with van der Waals surface area (Å²) in [7, 11) is 0. The van der Waals surface area contributed by atoms with Crippen molar-refractivity contribution in [3.63, 3.8) is 0 Å². The second-order valence-corrected chi connectivity index (χ2v) is 24.5. The molecule has 0 atom stereocenters. The molecule has 0 saturated carbocycles. The van der Waals surface area contributed by atoms with E-state index in [1.54, 1.807) is 0 Å².